The van der Waals surface area contributed by atoms with Gasteiger partial charge in [-0.1, -0.05) is 195 Å². The molecule has 1 nitrogen and oxygen atoms in total. The minimum Gasteiger partial charge on any atom is -0.248 e. The van der Waals surface area contributed by atoms with Crippen molar-refractivity contribution >= 4 is 21.5 Å². The van der Waals surface area contributed by atoms with E-state index in [9.17, 15) is 0 Å². The fourth-order valence-corrected chi connectivity index (χ4v) is 10.8. The van der Waals surface area contributed by atoms with Gasteiger partial charge in [0.25, 0.3) is 0 Å². The third kappa shape index (κ3) is 5.87. The van der Waals surface area contributed by atoms with Gasteiger partial charge in [-0.15, -0.1) is 0 Å². The number of nitrogens with zero attached hydrogens (tertiary/aromatic N) is 1. The van der Waals surface area contributed by atoms with E-state index in [0.717, 1.165) is 33.6 Å². The zero-order valence-electron chi connectivity index (χ0n) is 34.0. The van der Waals surface area contributed by atoms with Gasteiger partial charge in [0.05, 0.1) is 11.4 Å². The van der Waals surface area contributed by atoms with E-state index in [2.05, 4.69) is 212 Å². The number of hydrogen-bond acceptors (Lipinski definition) is 1. The molecule has 2 aliphatic rings. The van der Waals surface area contributed by atoms with Crippen LogP contribution in [0.25, 0.3) is 99.7 Å². The molecule has 1 spiro atoms. The third-order valence-corrected chi connectivity index (χ3v) is 13.6. The molecule has 9 aromatic carbocycles. The Bertz CT molecular complexity index is 3210. The highest BCUT2D eigenvalue weighted by atomic mass is 14.7. The Hall–Kier alpha value is -7.35. The van der Waals surface area contributed by atoms with Crippen molar-refractivity contribution in [3.05, 3.63) is 223 Å². The molecule has 0 bridgehead atoms. The summed E-state index contributed by atoms with van der Waals surface area (Å²) in [7, 11) is 0. The van der Waals surface area contributed by atoms with Crippen molar-refractivity contribution in [1.29, 1.82) is 0 Å². The second-order valence-corrected chi connectivity index (χ2v) is 17.0. The van der Waals surface area contributed by atoms with E-state index in [1.54, 1.807) is 0 Å². The van der Waals surface area contributed by atoms with E-state index in [1.807, 2.05) is 0 Å². The number of benzene rings is 9. The second kappa shape index (κ2) is 14.4. The Morgan fingerprint density at radius 1 is 0.295 bits per heavy atom. The molecule has 0 unspecified atom stereocenters. The molecule has 10 aromatic rings. The van der Waals surface area contributed by atoms with Crippen molar-refractivity contribution in [2.45, 2.75) is 31.1 Å². The lowest BCUT2D eigenvalue weighted by Gasteiger charge is -2.27. The van der Waals surface area contributed by atoms with Gasteiger partial charge in [0.1, 0.15) is 0 Å². The Kier molecular flexibility index (Phi) is 8.42. The quantitative estimate of drug-likeness (QED) is 0.153. The molecule has 0 atom stereocenters. The molecular formula is C60H43N. The second-order valence-electron chi connectivity index (χ2n) is 17.0. The van der Waals surface area contributed by atoms with Crippen molar-refractivity contribution in [2.24, 2.45) is 0 Å². The largest absolute Gasteiger partial charge is 0.248 e. The van der Waals surface area contributed by atoms with E-state index in [-0.39, 0.29) is 5.41 Å². The summed E-state index contributed by atoms with van der Waals surface area (Å²) in [5.41, 5.74) is 20.0. The summed E-state index contributed by atoms with van der Waals surface area (Å²) in [6, 6.07) is 78.4. The van der Waals surface area contributed by atoms with Gasteiger partial charge in [0.2, 0.25) is 0 Å². The normalized spacial score (nSPS) is 13.8. The molecule has 1 heteroatoms. The van der Waals surface area contributed by atoms with Crippen LogP contribution in [-0.4, -0.2) is 4.98 Å². The summed E-state index contributed by atoms with van der Waals surface area (Å²) in [5.74, 6) is 0. The maximum atomic E-state index is 5.20. The van der Waals surface area contributed by atoms with E-state index in [0.29, 0.717) is 0 Å². The minimum atomic E-state index is 0.126. The van der Waals surface area contributed by atoms with E-state index >= 15 is 0 Å². The van der Waals surface area contributed by atoms with Crippen LogP contribution in [0.1, 0.15) is 36.8 Å². The average Bonchev–Trinajstić information content (AvgIpc) is 3.94. The lowest BCUT2D eigenvalue weighted by molar-refractivity contribution is 0.550. The van der Waals surface area contributed by atoms with Crippen LogP contribution in [0.2, 0.25) is 0 Å². The van der Waals surface area contributed by atoms with Crippen LogP contribution in [0.3, 0.4) is 0 Å². The fourth-order valence-electron chi connectivity index (χ4n) is 10.8. The van der Waals surface area contributed by atoms with Gasteiger partial charge in [-0.25, -0.2) is 4.98 Å². The standard InChI is InChI=1S/C60H43N/c1-5-17-40(18-6-1)56-38-47(39-57(61-56)41-19-7-2-8-20-41)45-29-32-51-53(36-45)59(43-23-11-4-12-24-43)50-31-28-44(35-52(50)58(51)42-21-9-3-10-22-42)46-27-30-49-48-25-13-14-26-54(48)60(55(49)37-46)33-15-16-34-60/h1-14,17-32,35-39H,15-16,33-34H2. The van der Waals surface area contributed by atoms with Gasteiger partial charge in [0.15, 0.2) is 0 Å². The first-order valence-electron chi connectivity index (χ1n) is 21.7. The Morgan fingerprint density at radius 2 is 0.721 bits per heavy atom. The number of fused-ring (bicyclic) bond motifs is 7. The predicted octanol–water partition coefficient (Wildman–Crippen LogP) is 16.2. The molecular weight excluding hydrogens is 735 g/mol. The van der Waals surface area contributed by atoms with Gasteiger partial charge in [-0.3, -0.25) is 0 Å². The van der Waals surface area contributed by atoms with Gasteiger partial charge < -0.3 is 0 Å². The number of rotatable bonds is 6. The minimum absolute atomic E-state index is 0.126. The predicted molar refractivity (Wildman–Crippen MR) is 257 cm³/mol. The molecule has 1 aromatic heterocycles. The zero-order valence-corrected chi connectivity index (χ0v) is 34.0. The topological polar surface area (TPSA) is 12.9 Å². The molecule has 1 fully saturated rings. The number of pyridine rings is 1. The highest BCUT2D eigenvalue weighted by Gasteiger charge is 2.44. The molecule has 0 saturated heterocycles. The summed E-state index contributed by atoms with van der Waals surface area (Å²) in [6.07, 6.45) is 5.03. The van der Waals surface area contributed by atoms with Crippen LogP contribution < -0.4 is 0 Å². The summed E-state index contributed by atoms with van der Waals surface area (Å²) in [5, 5.41) is 5.00. The van der Waals surface area contributed by atoms with Crippen LogP contribution >= 0.6 is 0 Å². The molecule has 2 aliphatic carbocycles. The summed E-state index contributed by atoms with van der Waals surface area (Å²) in [4.78, 5) is 5.20. The van der Waals surface area contributed by atoms with Crippen molar-refractivity contribution in [3.63, 3.8) is 0 Å². The Morgan fingerprint density at radius 3 is 1.26 bits per heavy atom. The summed E-state index contributed by atoms with van der Waals surface area (Å²) < 4.78 is 0. The van der Waals surface area contributed by atoms with Crippen LogP contribution in [0.15, 0.2) is 212 Å². The zero-order chi connectivity index (χ0) is 40.3. The molecule has 0 aliphatic heterocycles. The van der Waals surface area contributed by atoms with Crippen LogP contribution in [-0.2, 0) is 5.41 Å². The van der Waals surface area contributed by atoms with Crippen LogP contribution in [0.5, 0.6) is 0 Å². The first-order valence-corrected chi connectivity index (χ1v) is 21.7. The smallest absolute Gasteiger partial charge is 0.0715 e. The average molecular weight is 778 g/mol. The molecule has 12 rings (SSSR count). The van der Waals surface area contributed by atoms with Crippen molar-refractivity contribution in [2.75, 3.05) is 0 Å². The van der Waals surface area contributed by atoms with Gasteiger partial charge >= 0.3 is 0 Å². The molecule has 0 N–H and O–H groups in total. The van der Waals surface area contributed by atoms with Crippen molar-refractivity contribution in [1.82, 2.24) is 4.98 Å². The molecule has 1 saturated carbocycles. The first-order chi connectivity index (χ1) is 30.2. The molecule has 0 radical (unpaired) electrons. The third-order valence-electron chi connectivity index (χ3n) is 13.6. The van der Waals surface area contributed by atoms with Gasteiger partial charge in [-0.2, -0.15) is 0 Å². The molecule has 1 heterocycles. The van der Waals surface area contributed by atoms with Gasteiger partial charge in [-0.05, 0) is 131 Å². The van der Waals surface area contributed by atoms with E-state index in [4.69, 9.17) is 4.98 Å². The van der Waals surface area contributed by atoms with E-state index < -0.39 is 0 Å². The number of hydrogen-bond donors (Lipinski definition) is 0. The molecule has 61 heavy (non-hydrogen) atoms. The maximum absolute atomic E-state index is 5.20. The highest BCUT2D eigenvalue weighted by Crippen LogP contribution is 2.57. The molecule has 288 valence electrons. The van der Waals surface area contributed by atoms with E-state index in [1.165, 1.54) is 103 Å². The Labute approximate surface area is 357 Å². The lowest BCUT2D eigenvalue weighted by atomic mass is 9.76. The fraction of sp³-hybridized carbons (Fsp3) is 0.0833. The van der Waals surface area contributed by atoms with Crippen molar-refractivity contribution in [3.8, 4) is 78.1 Å². The monoisotopic (exact) mass is 777 g/mol. The summed E-state index contributed by atoms with van der Waals surface area (Å²) in [6.45, 7) is 0. The first kappa shape index (κ1) is 35.6. The Balaban J connectivity index is 1.10. The molecule has 0 amide bonds. The highest BCUT2D eigenvalue weighted by molar-refractivity contribution is 6.22. The van der Waals surface area contributed by atoms with Crippen LogP contribution in [0, 0.1) is 0 Å². The summed E-state index contributed by atoms with van der Waals surface area (Å²) >= 11 is 0. The lowest BCUT2D eigenvalue weighted by Crippen LogP contribution is -2.20. The number of aromatic nitrogens is 1. The SMILES string of the molecule is c1ccc(-c2cc(-c3ccc4c(-c5ccccc5)c5cc(-c6ccc7c(c6)C6(CCCC6)c6ccccc6-7)ccc5c(-c5ccccc5)c4c3)cc(-c3ccccc3)n2)cc1. The van der Waals surface area contributed by atoms with Gasteiger partial charge in [0, 0.05) is 16.5 Å². The maximum Gasteiger partial charge on any atom is 0.0715 e. The van der Waals surface area contributed by atoms with Crippen molar-refractivity contribution < 1.29 is 0 Å². The van der Waals surface area contributed by atoms with Crippen LogP contribution in [0.4, 0.5) is 0 Å².